The van der Waals surface area contributed by atoms with Gasteiger partial charge in [-0.2, -0.15) is 0 Å². The van der Waals surface area contributed by atoms with Crippen LogP contribution in [0.1, 0.15) is 19.3 Å². The van der Waals surface area contributed by atoms with Crippen molar-refractivity contribution in [2.75, 3.05) is 12.4 Å². The lowest BCUT2D eigenvalue weighted by Gasteiger charge is -2.12. The van der Waals surface area contributed by atoms with Crippen LogP contribution in [0, 0.1) is 11.8 Å². The minimum atomic E-state index is -0.826. The zero-order chi connectivity index (χ0) is 14.7. The summed E-state index contributed by atoms with van der Waals surface area (Å²) in [6, 6.07) is 4.99. The first kappa shape index (κ1) is 14.7. The summed E-state index contributed by atoms with van der Waals surface area (Å²) in [6.07, 6.45) is 1.55. The van der Waals surface area contributed by atoms with Gasteiger partial charge in [-0.25, -0.2) is 0 Å². The van der Waals surface area contributed by atoms with Gasteiger partial charge in [-0.1, -0.05) is 11.6 Å². The molecule has 0 aliphatic heterocycles. The summed E-state index contributed by atoms with van der Waals surface area (Å²) < 4.78 is 5.04. The van der Waals surface area contributed by atoms with Crippen molar-refractivity contribution in [2.24, 2.45) is 11.8 Å². The number of carboxylic acid groups (broad SMARTS) is 1. The molecule has 1 aromatic rings. The van der Waals surface area contributed by atoms with Crippen LogP contribution >= 0.6 is 11.6 Å². The molecule has 1 fully saturated rings. The molecular formula is C14H16ClNO4. The number of carbonyl (C=O) groups excluding carboxylic acids is 1. The number of amides is 1. The Morgan fingerprint density at radius 2 is 2.05 bits per heavy atom. The van der Waals surface area contributed by atoms with E-state index in [4.69, 9.17) is 21.4 Å². The third kappa shape index (κ3) is 3.22. The lowest BCUT2D eigenvalue weighted by Crippen LogP contribution is -2.21. The molecule has 0 spiro atoms. The summed E-state index contributed by atoms with van der Waals surface area (Å²) in [5, 5.41) is 12.1. The topological polar surface area (TPSA) is 75.6 Å². The Kier molecular flexibility index (Phi) is 4.49. The van der Waals surface area contributed by atoms with Crippen LogP contribution in [0.3, 0.4) is 0 Å². The van der Waals surface area contributed by atoms with Gasteiger partial charge in [0.1, 0.15) is 5.75 Å². The monoisotopic (exact) mass is 297 g/mol. The molecule has 0 heterocycles. The SMILES string of the molecule is COc1ccc(NC(=O)[C@@H]2CC[C@H](C(=O)O)C2)cc1Cl. The zero-order valence-electron chi connectivity index (χ0n) is 11.1. The summed E-state index contributed by atoms with van der Waals surface area (Å²) in [5.41, 5.74) is 0.583. The van der Waals surface area contributed by atoms with Crippen LogP contribution in [-0.4, -0.2) is 24.1 Å². The number of benzene rings is 1. The molecule has 1 aromatic carbocycles. The number of ether oxygens (including phenoxy) is 1. The summed E-state index contributed by atoms with van der Waals surface area (Å²) in [6.45, 7) is 0. The molecule has 0 saturated heterocycles. The minimum Gasteiger partial charge on any atom is -0.495 e. The van der Waals surface area contributed by atoms with Gasteiger partial charge in [0.15, 0.2) is 0 Å². The van der Waals surface area contributed by atoms with Gasteiger partial charge in [-0.3, -0.25) is 9.59 Å². The van der Waals surface area contributed by atoms with Crippen LogP contribution in [0.2, 0.25) is 5.02 Å². The standard InChI is InChI=1S/C14H16ClNO4/c1-20-12-5-4-10(7-11(12)15)16-13(17)8-2-3-9(6-8)14(18)19/h4-5,7-9H,2-3,6H2,1H3,(H,16,17)(H,18,19)/t8-,9+/m1/s1. The van der Waals surface area contributed by atoms with Crippen molar-refractivity contribution in [3.8, 4) is 5.75 Å². The van der Waals surface area contributed by atoms with E-state index < -0.39 is 11.9 Å². The third-order valence-corrected chi connectivity index (χ3v) is 3.87. The summed E-state index contributed by atoms with van der Waals surface area (Å²) in [7, 11) is 1.52. The maximum atomic E-state index is 12.1. The minimum absolute atomic E-state index is 0.157. The summed E-state index contributed by atoms with van der Waals surface area (Å²) >= 11 is 5.98. The van der Waals surface area contributed by atoms with E-state index >= 15 is 0 Å². The smallest absolute Gasteiger partial charge is 0.306 e. The molecule has 0 radical (unpaired) electrons. The zero-order valence-corrected chi connectivity index (χ0v) is 11.8. The first-order valence-corrected chi connectivity index (χ1v) is 6.76. The maximum absolute atomic E-state index is 12.1. The fraction of sp³-hybridized carbons (Fsp3) is 0.429. The van der Waals surface area contributed by atoms with Crippen LogP contribution < -0.4 is 10.1 Å². The molecule has 20 heavy (non-hydrogen) atoms. The lowest BCUT2D eigenvalue weighted by atomic mass is 10.0. The van der Waals surface area contributed by atoms with Gasteiger partial charge in [-0.15, -0.1) is 0 Å². The molecule has 6 heteroatoms. The van der Waals surface area contributed by atoms with Crippen molar-refractivity contribution < 1.29 is 19.4 Å². The number of aliphatic carboxylic acids is 1. The molecule has 5 nitrogen and oxygen atoms in total. The van der Waals surface area contributed by atoms with E-state index in [1.54, 1.807) is 18.2 Å². The fourth-order valence-corrected chi connectivity index (χ4v) is 2.69. The number of carbonyl (C=O) groups is 2. The van der Waals surface area contributed by atoms with Crippen LogP contribution in [0.25, 0.3) is 0 Å². The second-order valence-electron chi connectivity index (χ2n) is 4.88. The van der Waals surface area contributed by atoms with Gasteiger partial charge >= 0.3 is 5.97 Å². The summed E-state index contributed by atoms with van der Waals surface area (Å²) in [5.74, 6) is -1.11. The van der Waals surface area contributed by atoms with E-state index in [0.717, 1.165) is 0 Å². The van der Waals surface area contributed by atoms with Crippen LogP contribution in [0.15, 0.2) is 18.2 Å². The second-order valence-corrected chi connectivity index (χ2v) is 5.29. The van der Waals surface area contributed by atoms with Crippen LogP contribution in [0.4, 0.5) is 5.69 Å². The Labute approximate surface area is 121 Å². The van der Waals surface area contributed by atoms with E-state index in [1.807, 2.05) is 0 Å². The average molecular weight is 298 g/mol. The molecule has 0 unspecified atom stereocenters. The number of nitrogens with one attached hydrogen (secondary N) is 1. The van der Waals surface area contributed by atoms with E-state index in [-0.39, 0.29) is 11.8 Å². The van der Waals surface area contributed by atoms with Crippen LogP contribution in [-0.2, 0) is 9.59 Å². The fourth-order valence-electron chi connectivity index (χ4n) is 2.43. The molecule has 1 aliphatic rings. The van der Waals surface area contributed by atoms with Crippen molar-refractivity contribution in [3.05, 3.63) is 23.2 Å². The Morgan fingerprint density at radius 3 is 2.60 bits per heavy atom. The highest BCUT2D eigenvalue weighted by atomic mass is 35.5. The number of methoxy groups -OCH3 is 1. The third-order valence-electron chi connectivity index (χ3n) is 3.57. The molecule has 2 N–H and O–H groups in total. The average Bonchev–Trinajstić information content (AvgIpc) is 2.88. The van der Waals surface area contributed by atoms with Gasteiger partial charge < -0.3 is 15.2 Å². The first-order valence-electron chi connectivity index (χ1n) is 6.38. The normalized spacial score (nSPS) is 21.5. The largest absolute Gasteiger partial charge is 0.495 e. The van der Waals surface area contributed by atoms with Gasteiger partial charge in [0.25, 0.3) is 0 Å². The molecular weight excluding hydrogens is 282 g/mol. The molecule has 2 rings (SSSR count). The Balaban J connectivity index is 1.98. The molecule has 0 bridgehead atoms. The highest BCUT2D eigenvalue weighted by Crippen LogP contribution is 2.33. The van der Waals surface area contributed by atoms with E-state index in [2.05, 4.69) is 5.32 Å². The number of rotatable bonds is 4. The van der Waals surface area contributed by atoms with E-state index in [9.17, 15) is 9.59 Å². The quantitative estimate of drug-likeness (QED) is 0.896. The van der Waals surface area contributed by atoms with Gasteiger partial charge in [0.2, 0.25) is 5.91 Å². The number of halogens is 1. The van der Waals surface area contributed by atoms with Gasteiger partial charge in [-0.05, 0) is 37.5 Å². The van der Waals surface area contributed by atoms with Crippen molar-refractivity contribution in [1.82, 2.24) is 0 Å². The number of carboxylic acids is 1. The Bertz CT molecular complexity index is 532. The van der Waals surface area contributed by atoms with Crippen molar-refractivity contribution in [3.63, 3.8) is 0 Å². The Morgan fingerprint density at radius 1 is 1.35 bits per heavy atom. The number of hydrogen-bond donors (Lipinski definition) is 2. The highest BCUT2D eigenvalue weighted by Gasteiger charge is 2.33. The molecule has 1 amide bonds. The maximum Gasteiger partial charge on any atom is 0.306 e. The van der Waals surface area contributed by atoms with E-state index in [1.165, 1.54) is 7.11 Å². The molecule has 1 saturated carbocycles. The first-order chi connectivity index (χ1) is 9.51. The van der Waals surface area contributed by atoms with E-state index in [0.29, 0.717) is 35.7 Å². The predicted octanol–water partition coefficient (Wildman–Crippen LogP) is 2.79. The van der Waals surface area contributed by atoms with Crippen molar-refractivity contribution in [2.45, 2.75) is 19.3 Å². The molecule has 1 aliphatic carbocycles. The van der Waals surface area contributed by atoms with Crippen LogP contribution in [0.5, 0.6) is 5.75 Å². The highest BCUT2D eigenvalue weighted by molar-refractivity contribution is 6.32. The van der Waals surface area contributed by atoms with Crippen molar-refractivity contribution in [1.29, 1.82) is 0 Å². The predicted molar refractivity (Wildman–Crippen MR) is 75.1 cm³/mol. The lowest BCUT2D eigenvalue weighted by molar-refractivity contribution is -0.141. The number of hydrogen-bond acceptors (Lipinski definition) is 3. The van der Waals surface area contributed by atoms with Crippen molar-refractivity contribution >= 4 is 29.2 Å². The molecule has 108 valence electrons. The Hall–Kier alpha value is -1.75. The second kappa shape index (κ2) is 6.13. The van der Waals surface area contributed by atoms with Gasteiger partial charge in [0.05, 0.1) is 18.1 Å². The number of anilines is 1. The molecule has 0 aromatic heterocycles. The molecule has 2 atom stereocenters. The van der Waals surface area contributed by atoms with Gasteiger partial charge in [0, 0.05) is 11.6 Å². The summed E-state index contributed by atoms with van der Waals surface area (Å²) in [4.78, 5) is 23.0.